The summed E-state index contributed by atoms with van der Waals surface area (Å²) < 4.78 is 60.6. The van der Waals surface area contributed by atoms with Gasteiger partial charge in [-0.1, -0.05) is 11.6 Å². The van der Waals surface area contributed by atoms with E-state index in [1.165, 1.54) is 0 Å². The number of piperidine rings is 1. The van der Waals surface area contributed by atoms with E-state index >= 15 is 0 Å². The summed E-state index contributed by atoms with van der Waals surface area (Å²) in [4.78, 5) is 8.07. The number of sulfonamides is 1. The van der Waals surface area contributed by atoms with Gasteiger partial charge in [0, 0.05) is 25.7 Å². The van der Waals surface area contributed by atoms with Crippen molar-refractivity contribution in [3.05, 3.63) is 17.0 Å². The monoisotopic (exact) mass is 372 g/mol. The van der Waals surface area contributed by atoms with Crippen LogP contribution in [-0.4, -0.2) is 47.8 Å². The maximum atomic E-state index is 12.5. The maximum absolute atomic E-state index is 12.5. The highest BCUT2D eigenvalue weighted by molar-refractivity contribution is 7.90. The summed E-state index contributed by atoms with van der Waals surface area (Å²) in [5, 5.41) is 3.35. The van der Waals surface area contributed by atoms with Gasteiger partial charge in [0.05, 0.1) is 0 Å². The molecule has 6 nitrogen and oxygen atoms in total. The van der Waals surface area contributed by atoms with Crippen LogP contribution in [0.15, 0.2) is 6.07 Å². The number of hydrogen-bond donors (Lipinski definition) is 1. The number of anilines is 1. The molecule has 1 saturated heterocycles. The molecule has 0 bridgehead atoms. The van der Waals surface area contributed by atoms with Crippen LogP contribution in [0.5, 0.6) is 0 Å². The van der Waals surface area contributed by atoms with E-state index in [0.29, 0.717) is 40.5 Å². The van der Waals surface area contributed by atoms with E-state index in [1.54, 1.807) is 13.0 Å². The largest absolute Gasteiger partial charge is 0.511 e. The normalized spacial score (nSPS) is 18.1. The fourth-order valence-electron chi connectivity index (χ4n) is 2.37. The fourth-order valence-corrected chi connectivity index (χ4v) is 3.58. The van der Waals surface area contributed by atoms with E-state index < -0.39 is 15.5 Å². The Kier molecular flexibility index (Phi) is 5.37. The first-order valence-corrected chi connectivity index (χ1v) is 8.73. The number of halogens is 4. The zero-order valence-corrected chi connectivity index (χ0v) is 13.8. The van der Waals surface area contributed by atoms with Gasteiger partial charge in [-0.05, 0) is 25.7 Å². The highest BCUT2D eigenvalue weighted by atomic mass is 35.5. The average molecular weight is 373 g/mol. The number of alkyl halides is 3. The van der Waals surface area contributed by atoms with Crippen LogP contribution in [0.25, 0.3) is 0 Å². The number of rotatable bonds is 4. The quantitative estimate of drug-likeness (QED) is 0.821. The minimum Gasteiger partial charge on any atom is -0.370 e. The van der Waals surface area contributed by atoms with E-state index in [0.717, 1.165) is 0 Å². The maximum Gasteiger partial charge on any atom is 0.511 e. The predicted molar refractivity (Wildman–Crippen MR) is 79.5 cm³/mol. The molecule has 1 aromatic heterocycles. The van der Waals surface area contributed by atoms with Crippen molar-refractivity contribution in [2.45, 2.75) is 25.3 Å². The molecule has 0 aliphatic carbocycles. The van der Waals surface area contributed by atoms with Crippen molar-refractivity contribution in [1.82, 2.24) is 14.3 Å². The Bertz CT molecular complexity index is 641. The van der Waals surface area contributed by atoms with Gasteiger partial charge in [-0.25, -0.2) is 18.4 Å². The molecule has 0 aromatic carbocycles. The lowest BCUT2D eigenvalue weighted by Crippen LogP contribution is -2.45. The number of aromatic nitrogens is 2. The van der Waals surface area contributed by atoms with E-state index in [-0.39, 0.29) is 19.0 Å². The third kappa shape index (κ3) is 4.45. The zero-order valence-electron chi connectivity index (χ0n) is 12.3. The highest BCUT2D eigenvalue weighted by Gasteiger charge is 2.50. The second-order valence-electron chi connectivity index (χ2n) is 5.30. The smallest absolute Gasteiger partial charge is 0.370 e. The molecule has 0 radical (unpaired) electrons. The van der Waals surface area contributed by atoms with Crippen molar-refractivity contribution in [2.24, 2.45) is 5.92 Å². The SMILES string of the molecule is Cc1nc(Cl)cc(NCC2CCN(S(=O)(=O)C(F)(F)F)CC2)n1. The Morgan fingerprint density at radius 1 is 1.35 bits per heavy atom. The first-order valence-electron chi connectivity index (χ1n) is 6.91. The van der Waals surface area contributed by atoms with Crippen molar-refractivity contribution in [3.8, 4) is 0 Å². The molecule has 0 amide bonds. The van der Waals surface area contributed by atoms with Crippen molar-refractivity contribution in [3.63, 3.8) is 0 Å². The van der Waals surface area contributed by atoms with Crippen LogP contribution in [0.4, 0.5) is 19.0 Å². The number of nitrogens with zero attached hydrogens (tertiary/aromatic N) is 3. The first kappa shape index (κ1) is 18.2. The third-order valence-electron chi connectivity index (χ3n) is 3.58. The van der Waals surface area contributed by atoms with Crippen molar-refractivity contribution in [1.29, 1.82) is 0 Å². The lowest BCUT2D eigenvalue weighted by Gasteiger charge is -2.31. The Labute approximate surface area is 137 Å². The summed E-state index contributed by atoms with van der Waals surface area (Å²) in [5.41, 5.74) is -5.24. The summed E-state index contributed by atoms with van der Waals surface area (Å²) in [6.07, 6.45) is 0.695. The van der Waals surface area contributed by atoms with Gasteiger partial charge in [0.25, 0.3) is 0 Å². The summed E-state index contributed by atoms with van der Waals surface area (Å²) >= 11 is 5.81. The Balaban J connectivity index is 1.88. The van der Waals surface area contributed by atoms with Gasteiger partial charge in [0.2, 0.25) is 0 Å². The van der Waals surface area contributed by atoms with Gasteiger partial charge in [-0.3, -0.25) is 0 Å². The molecule has 1 aliphatic rings. The standard InChI is InChI=1S/C12H16ClF3N4O2S/c1-8-18-10(13)6-11(19-8)17-7-9-2-4-20(5-3-9)23(21,22)12(14,15)16/h6,9H,2-5,7H2,1H3,(H,17,18,19). The zero-order chi connectivity index (χ0) is 17.3. The van der Waals surface area contributed by atoms with Gasteiger partial charge >= 0.3 is 15.5 Å². The highest BCUT2D eigenvalue weighted by Crippen LogP contribution is 2.30. The lowest BCUT2D eigenvalue weighted by atomic mass is 9.98. The van der Waals surface area contributed by atoms with E-state index in [2.05, 4.69) is 15.3 Å². The topological polar surface area (TPSA) is 75.2 Å². The molecule has 11 heteroatoms. The van der Waals surface area contributed by atoms with Gasteiger partial charge in [0.1, 0.15) is 16.8 Å². The van der Waals surface area contributed by atoms with Crippen LogP contribution in [-0.2, 0) is 10.0 Å². The van der Waals surface area contributed by atoms with Gasteiger partial charge in [-0.2, -0.15) is 17.5 Å². The number of aryl methyl sites for hydroxylation is 1. The Morgan fingerprint density at radius 2 is 1.96 bits per heavy atom. The molecule has 0 atom stereocenters. The summed E-state index contributed by atoms with van der Waals surface area (Å²) in [5.74, 6) is 1.10. The molecule has 0 unspecified atom stereocenters. The van der Waals surface area contributed by atoms with Crippen LogP contribution >= 0.6 is 11.6 Å². The molecule has 2 rings (SSSR count). The van der Waals surface area contributed by atoms with Crippen molar-refractivity contribution < 1.29 is 21.6 Å². The lowest BCUT2D eigenvalue weighted by molar-refractivity contribution is -0.0496. The third-order valence-corrected chi connectivity index (χ3v) is 5.41. The molecule has 1 aromatic rings. The second-order valence-corrected chi connectivity index (χ2v) is 7.61. The van der Waals surface area contributed by atoms with E-state index in [4.69, 9.17) is 11.6 Å². The minimum atomic E-state index is -5.24. The van der Waals surface area contributed by atoms with Crippen molar-refractivity contribution >= 4 is 27.4 Å². The van der Waals surface area contributed by atoms with Gasteiger partial charge in [-0.15, -0.1) is 0 Å². The molecule has 130 valence electrons. The molecule has 1 aliphatic heterocycles. The fraction of sp³-hybridized carbons (Fsp3) is 0.667. The molecule has 1 N–H and O–H groups in total. The molecule has 0 spiro atoms. The second kappa shape index (κ2) is 6.78. The van der Waals surface area contributed by atoms with E-state index in [1.807, 2.05) is 0 Å². The first-order chi connectivity index (χ1) is 10.6. The molecular formula is C12H16ClF3N4O2S. The van der Waals surface area contributed by atoms with Crippen LogP contribution in [0.2, 0.25) is 5.15 Å². The summed E-state index contributed by atoms with van der Waals surface area (Å²) in [6.45, 7) is 1.89. The van der Waals surface area contributed by atoms with Crippen LogP contribution < -0.4 is 5.32 Å². The number of hydrogen-bond acceptors (Lipinski definition) is 5. The summed E-state index contributed by atoms with van der Waals surface area (Å²) in [6, 6.07) is 1.55. The van der Waals surface area contributed by atoms with Crippen LogP contribution in [0.1, 0.15) is 18.7 Å². The van der Waals surface area contributed by atoms with Crippen LogP contribution in [0.3, 0.4) is 0 Å². The number of nitrogens with one attached hydrogen (secondary N) is 1. The van der Waals surface area contributed by atoms with Crippen LogP contribution in [0, 0.1) is 12.8 Å². The predicted octanol–water partition coefficient (Wildman–Crippen LogP) is 2.41. The molecule has 0 saturated carbocycles. The molecular weight excluding hydrogens is 357 g/mol. The minimum absolute atomic E-state index is 0.0590. The van der Waals surface area contributed by atoms with E-state index in [9.17, 15) is 21.6 Å². The van der Waals surface area contributed by atoms with Crippen molar-refractivity contribution in [2.75, 3.05) is 25.0 Å². The average Bonchev–Trinajstić information content (AvgIpc) is 2.43. The molecule has 1 fully saturated rings. The Hall–Kier alpha value is -1.13. The molecule has 2 heterocycles. The van der Waals surface area contributed by atoms with Gasteiger partial charge in [0.15, 0.2) is 0 Å². The molecule has 23 heavy (non-hydrogen) atoms. The Morgan fingerprint density at radius 3 is 2.48 bits per heavy atom. The summed E-state index contributed by atoms with van der Waals surface area (Å²) in [7, 11) is -5.23. The van der Waals surface area contributed by atoms with Gasteiger partial charge < -0.3 is 5.32 Å².